The fourth-order valence-corrected chi connectivity index (χ4v) is 3.30. The lowest BCUT2D eigenvalue weighted by atomic mass is 9.92. The van der Waals surface area contributed by atoms with Crippen molar-refractivity contribution >= 4 is 16.6 Å². The summed E-state index contributed by atoms with van der Waals surface area (Å²) in [7, 11) is 0. The van der Waals surface area contributed by atoms with Crippen molar-refractivity contribution in [1.29, 1.82) is 0 Å². The van der Waals surface area contributed by atoms with E-state index in [0.717, 1.165) is 34.9 Å². The number of rotatable bonds is 2. The number of hydrogen-bond acceptors (Lipinski definition) is 2. The summed E-state index contributed by atoms with van der Waals surface area (Å²) in [6.45, 7) is 0. The van der Waals surface area contributed by atoms with E-state index < -0.39 is 0 Å². The van der Waals surface area contributed by atoms with Gasteiger partial charge in [-0.3, -0.25) is 9.78 Å². The van der Waals surface area contributed by atoms with Crippen LogP contribution in [0.1, 0.15) is 34.0 Å². The standard InChI is InChI=1S/C19H15NO/c21-19(17-11-10-14-7-4-12-20-18(14)17)16-9-3-6-13-5-1-2-8-15(13)16/h1-9,12,17H,10-11H2. The fraction of sp³-hybridized carbons (Fsp3) is 0.158. The van der Waals surface area contributed by atoms with Crippen LogP contribution in [-0.4, -0.2) is 10.8 Å². The molecule has 0 fully saturated rings. The maximum Gasteiger partial charge on any atom is 0.172 e. The number of aryl methyl sites for hydroxylation is 1. The summed E-state index contributed by atoms with van der Waals surface area (Å²) >= 11 is 0. The van der Waals surface area contributed by atoms with Crippen LogP contribution in [0.3, 0.4) is 0 Å². The molecule has 0 radical (unpaired) electrons. The molecule has 1 atom stereocenters. The van der Waals surface area contributed by atoms with Crippen molar-refractivity contribution < 1.29 is 4.79 Å². The van der Waals surface area contributed by atoms with E-state index in [1.165, 1.54) is 5.56 Å². The summed E-state index contributed by atoms with van der Waals surface area (Å²) < 4.78 is 0. The third kappa shape index (κ3) is 1.95. The molecule has 102 valence electrons. The highest BCUT2D eigenvalue weighted by Crippen LogP contribution is 2.35. The van der Waals surface area contributed by atoms with Crippen molar-refractivity contribution in [3.05, 3.63) is 77.6 Å². The molecule has 2 heteroatoms. The Morgan fingerprint density at radius 2 is 1.86 bits per heavy atom. The summed E-state index contributed by atoms with van der Waals surface area (Å²) in [5, 5.41) is 2.15. The number of carbonyl (C=O) groups excluding carboxylic acids is 1. The van der Waals surface area contributed by atoms with Gasteiger partial charge in [0.2, 0.25) is 0 Å². The molecule has 2 nitrogen and oxygen atoms in total. The van der Waals surface area contributed by atoms with Gasteiger partial charge >= 0.3 is 0 Å². The minimum atomic E-state index is -0.0907. The van der Waals surface area contributed by atoms with Gasteiger partial charge in [-0.15, -0.1) is 0 Å². The van der Waals surface area contributed by atoms with Gasteiger partial charge in [-0.25, -0.2) is 0 Å². The highest BCUT2D eigenvalue weighted by molar-refractivity contribution is 6.11. The normalized spacial score (nSPS) is 16.9. The smallest absolute Gasteiger partial charge is 0.172 e. The van der Waals surface area contributed by atoms with Crippen molar-refractivity contribution in [2.75, 3.05) is 0 Å². The number of fused-ring (bicyclic) bond motifs is 2. The topological polar surface area (TPSA) is 30.0 Å². The molecule has 1 heterocycles. The molecule has 0 saturated heterocycles. The molecule has 0 spiro atoms. The maximum atomic E-state index is 13.0. The summed E-state index contributed by atoms with van der Waals surface area (Å²) in [5.41, 5.74) is 3.00. The Hall–Kier alpha value is -2.48. The van der Waals surface area contributed by atoms with Crippen molar-refractivity contribution in [2.45, 2.75) is 18.8 Å². The van der Waals surface area contributed by atoms with Gasteiger partial charge in [0.25, 0.3) is 0 Å². The first kappa shape index (κ1) is 12.3. The molecule has 2 aromatic carbocycles. The molecule has 1 aliphatic carbocycles. The second kappa shape index (κ2) is 4.81. The second-order valence-electron chi connectivity index (χ2n) is 5.53. The molecule has 0 bridgehead atoms. The molecule has 0 saturated carbocycles. The van der Waals surface area contributed by atoms with E-state index in [0.29, 0.717) is 0 Å². The SMILES string of the molecule is O=C(c1cccc2ccccc12)C1CCc2cccnc21. The van der Waals surface area contributed by atoms with Crippen molar-refractivity contribution in [3.8, 4) is 0 Å². The Bertz CT molecular complexity index is 832. The molecular weight excluding hydrogens is 258 g/mol. The molecule has 0 N–H and O–H groups in total. The quantitative estimate of drug-likeness (QED) is 0.657. The van der Waals surface area contributed by atoms with Crippen LogP contribution in [0.5, 0.6) is 0 Å². The first-order chi connectivity index (χ1) is 10.3. The van der Waals surface area contributed by atoms with E-state index in [9.17, 15) is 4.79 Å². The van der Waals surface area contributed by atoms with E-state index in [1.807, 2.05) is 48.5 Å². The van der Waals surface area contributed by atoms with Crippen molar-refractivity contribution in [1.82, 2.24) is 4.98 Å². The predicted molar refractivity (Wildman–Crippen MR) is 83.6 cm³/mol. The summed E-state index contributed by atoms with van der Waals surface area (Å²) in [4.78, 5) is 17.4. The molecule has 1 unspecified atom stereocenters. The lowest BCUT2D eigenvalue weighted by molar-refractivity contribution is 0.0960. The molecule has 0 amide bonds. The Morgan fingerprint density at radius 3 is 2.81 bits per heavy atom. The lowest BCUT2D eigenvalue weighted by Crippen LogP contribution is -2.11. The average molecular weight is 273 g/mol. The Kier molecular flexibility index (Phi) is 2.81. The highest BCUT2D eigenvalue weighted by atomic mass is 16.1. The van der Waals surface area contributed by atoms with Crippen molar-refractivity contribution in [2.24, 2.45) is 0 Å². The number of pyridine rings is 1. The van der Waals surface area contributed by atoms with Crippen LogP contribution < -0.4 is 0 Å². The second-order valence-corrected chi connectivity index (χ2v) is 5.53. The zero-order chi connectivity index (χ0) is 14.2. The van der Waals surface area contributed by atoms with E-state index in [4.69, 9.17) is 0 Å². The van der Waals surface area contributed by atoms with Crippen LogP contribution in [0.2, 0.25) is 0 Å². The minimum Gasteiger partial charge on any atom is -0.293 e. The Balaban J connectivity index is 1.82. The van der Waals surface area contributed by atoms with Gasteiger partial charge < -0.3 is 0 Å². The molecule has 4 rings (SSSR count). The monoisotopic (exact) mass is 273 g/mol. The molecule has 1 aromatic heterocycles. The van der Waals surface area contributed by atoms with Crippen LogP contribution in [0.25, 0.3) is 10.8 Å². The van der Waals surface area contributed by atoms with Crippen LogP contribution in [-0.2, 0) is 6.42 Å². The number of carbonyl (C=O) groups is 1. The largest absolute Gasteiger partial charge is 0.293 e. The summed E-state index contributed by atoms with van der Waals surface area (Å²) in [6.07, 6.45) is 3.60. The lowest BCUT2D eigenvalue weighted by Gasteiger charge is -2.11. The van der Waals surface area contributed by atoms with E-state index in [1.54, 1.807) is 6.20 Å². The average Bonchev–Trinajstić information content (AvgIpc) is 2.98. The van der Waals surface area contributed by atoms with Crippen LogP contribution in [0.4, 0.5) is 0 Å². The Labute approximate surface area is 123 Å². The molecular formula is C19H15NO. The number of nitrogens with zero attached hydrogens (tertiary/aromatic N) is 1. The van der Waals surface area contributed by atoms with Crippen LogP contribution >= 0.6 is 0 Å². The first-order valence-corrected chi connectivity index (χ1v) is 7.30. The number of ketones is 1. The van der Waals surface area contributed by atoms with Crippen LogP contribution in [0, 0.1) is 0 Å². The number of hydrogen-bond donors (Lipinski definition) is 0. The molecule has 1 aliphatic rings. The molecule has 0 aliphatic heterocycles. The van der Waals surface area contributed by atoms with Gasteiger partial charge in [0.05, 0.1) is 11.6 Å². The van der Waals surface area contributed by atoms with Gasteiger partial charge in [-0.2, -0.15) is 0 Å². The number of benzene rings is 2. The number of Topliss-reactive ketones (excluding diaryl/α,β-unsaturated/α-hetero) is 1. The van der Waals surface area contributed by atoms with E-state index in [-0.39, 0.29) is 11.7 Å². The molecule has 21 heavy (non-hydrogen) atoms. The first-order valence-electron chi connectivity index (χ1n) is 7.30. The third-order valence-corrected chi connectivity index (χ3v) is 4.33. The van der Waals surface area contributed by atoms with E-state index >= 15 is 0 Å². The molecule has 3 aromatic rings. The van der Waals surface area contributed by atoms with Gasteiger partial charge in [0, 0.05) is 11.8 Å². The van der Waals surface area contributed by atoms with Crippen molar-refractivity contribution in [3.63, 3.8) is 0 Å². The highest BCUT2D eigenvalue weighted by Gasteiger charge is 2.30. The van der Waals surface area contributed by atoms with Gasteiger partial charge in [0.1, 0.15) is 0 Å². The van der Waals surface area contributed by atoms with Gasteiger partial charge in [-0.1, -0.05) is 48.5 Å². The predicted octanol–water partition coefficient (Wildman–Crippen LogP) is 4.15. The zero-order valence-corrected chi connectivity index (χ0v) is 11.6. The fourth-order valence-electron chi connectivity index (χ4n) is 3.30. The maximum absolute atomic E-state index is 13.0. The number of aromatic nitrogens is 1. The third-order valence-electron chi connectivity index (χ3n) is 4.33. The van der Waals surface area contributed by atoms with E-state index in [2.05, 4.69) is 11.1 Å². The summed E-state index contributed by atoms with van der Waals surface area (Å²) in [6, 6.07) is 18.0. The van der Waals surface area contributed by atoms with Gasteiger partial charge in [0.15, 0.2) is 5.78 Å². The summed E-state index contributed by atoms with van der Waals surface area (Å²) in [5.74, 6) is 0.108. The van der Waals surface area contributed by atoms with Gasteiger partial charge in [-0.05, 0) is 35.2 Å². The zero-order valence-electron chi connectivity index (χ0n) is 11.6. The Morgan fingerprint density at radius 1 is 1.00 bits per heavy atom. The van der Waals surface area contributed by atoms with Crippen LogP contribution in [0.15, 0.2) is 60.8 Å². The minimum absolute atomic E-state index is 0.0907.